The Labute approximate surface area is 120 Å². The van der Waals surface area contributed by atoms with Crippen LogP contribution in [-0.4, -0.2) is 40.0 Å². The first-order chi connectivity index (χ1) is 9.39. The molecule has 0 aliphatic carbocycles. The van der Waals surface area contributed by atoms with E-state index in [1.807, 2.05) is 13.8 Å². The number of nitrogens with one attached hydrogen (secondary N) is 1. The molecule has 114 valence electrons. The van der Waals surface area contributed by atoms with E-state index in [0.29, 0.717) is 18.0 Å². The average molecular weight is 302 g/mol. The van der Waals surface area contributed by atoms with Crippen molar-refractivity contribution < 1.29 is 17.9 Å². The molecule has 0 amide bonds. The molecule has 20 heavy (non-hydrogen) atoms. The molecule has 0 fully saturated rings. The number of sulfonamides is 1. The summed E-state index contributed by atoms with van der Waals surface area (Å²) in [6.45, 7) is 4.51. The first-order valence-electron chi connectivity index (χ1n) is 6.46. The van der Waals surface area contributed by atoms with Gasteiger partial charge in [-0.25, -0.2) is 13.1 Å². The van der Waals surface area contributed by atoms with E-state index in [1.165, 1.54) is 0 Å². The number of nitrogen functional groups attached to an aromatic ring is 1. The van der Waals surface area contributed by atoms with Gasteiger partial charge in [-0.05, 0) is 38.1 Å². The summed E-state index contributed by atoms with van der Waals surface area (Å²) in [5.41, 5.74) is 6.18. The highest BCUT2D eigenvalue weighted by atomic mass is 32.2. The van der Waals surface area contributed by atoms with Crippen molar-refractivity contribution in [1.29, 1.82) is 0 Å². The van der Waals surface area contributed by atoms with Gasteiger partial charge in [0.1, 0.15) is 12.4 Å². The molecule has 0 aliphatic heterocycles. The molecule has 6 nitrogen and oxygen atoms in total. The van der Waals surface area contributed by atoms with E-state index in [-0.39, 0.29) is 25.0 Å². The van der Waals surface area contributed by atoms with Crippen molar-refractivity contribution >= 4 is 15.7 Å². The number of hydrogen-bond donors (Lipinski definition) is 2. The zero-order valence-electron chi connectivity index (χ0n) is 11.8. The fourth-order valence-corrected chi connectivity index (χ4v) is 2.24. The highest BCUT2D eigenvalue weighted by Crippen LogP contribution is 2.12. The summed E-state index contributed by atoms with van der Waals surface area (Å²) in [6, 6.07) is 6.80. The van der Waals surface area contributed by atoms with Gasteiger partial charge in [-0.15, -0.1) is 0 Å². The molecular formula is C13H22N2O4S. The van der Waals surface area contributed by atoms with E-state index >= 15 is 0 Å². The Bertz CT molecular complexity index is 486. The van der Waals surface area contributed by atoms with E-state index < -0.39 is 10.0 Å². The second-order valence-corrected chi connectivity index (χ2v) is 6.48. The van der Waals surface area contributed by atoms with E-state index in [1.54, 1.807) is 24.3 Å². The molecular weight excluding hydrogens is 280 g/mol. The predicted octanol–water partition coefficient (Wildman–Crippen LogP) is 0.992. The molecule has 1 aromatic carbocycles. The smallest absolute Gasteiger partial charge is 0.215 e. The van der Waals surface area contributed by atoms with Crippen LogP contribution in [0.4, 0.5) is 5.69 Å². The first kappa shape index (κ1) is 16.7. The number of benzene rings is 1. The normalized spacial score (nSPS) is 11.8. The van der Waals surface area contributed by atoms with E-state index in [9.17, 15) is 8.42 Å². The van der Waals surface area contributed by atoms with Gasteiger partial charge in [0.2, 0.25) is 10.0 Å². The van der Waals surface area contributed by atoms with Crippen LogP contribution in [0.1, 0.15) is 13.8 Å². The van der Waals surface area contributed by atoms with E-state index in [2.05, 4.69) is 4.72 Å². The second-order valence-electron chi connectivity index (χ2n) is 4.55. The number of ether oxygens (including phenoxy) is 2. The predicted molar refractivity (Wildman–Crippen MR) is 79.2 cm³/mol. The van der Waals surface area contributed by atoms with Crippen LogP contribution >= 0.6 is 0 Å². The zero-order valence-corrected chi connectivity index (χ0v) is 12.7. The second kappa shape index (κ2) is 8.08. The Morgan fingerprint density at radius 2 is 1.85 bits per heavy atom. The molecule has 0 saturated heterocycles. The van der Waals surface area contributed by atoms with Crippen LogP contribution in [0.2, 0.25) is 0 Å². The average Bonchev–Trinajstić information content (AvgIpc) is 2.37. The Morgan fingerprint density at radius 1 is 1.20 bits per heavy atom. The van der Waals surface area contributed by atoms with Gasteiger partial charge >= 0.3 is 0 Å². The molecule has 0 bridgehead atoms. The Morgan fingerprint density at radius 3 is 2.45 bits per heavy atom. The number of anilines is 1. The van der Waals surface area contributed by atoms with Crippen LogP contribution in [0, 0.1) is 0 Å². The third-order valence-corrected chi connectivity index (χ3v) is 3.72. The van der Waals surface area contributed by atoms with Gasteiger partial charge in [-0.3, -0.25) is 0 Å². The lowest BCUT2D eigenvalue weighted by Gasteiger charge is -2.10. The number of hydrogen-bond acceptors (Lipinski definition) is 5. The van der Waals surface area contributed by atoms with Gasteiger partial charge in [-0.2, -0.15) is 0 Å². The first-order valence-corrected chi connectivity index (χ1v) is 8.11. The minimum Gasteiger partial charge on any atom is -0.492 e. The summed E-state index contributed by atoms with van der Waals surface area (Å²) >= 11 is 0. The highest BCUT2D eigenvalue weighted by molar-refractivity contribution is 7.89. The molecule has 3 N–H and O–H groups in total. The summed E-state index contributed by atoms with van der Waals surface area (Å²) in [5, 5.41) is 0. The SMILES string of the molecule is CC(C)OCCNS(=O)(=O)CCOc1ccc(N)cc1. The maximum Gasteiger partial charge on any atom is 0.215 e. The Hall–Kier alpha value is -1.31. The maximum absolute atomic E-state index is 11.7. The molecule has 0 saturated carbocycles. The summed E-state index contributed by atoms with van der Waals surface area (Å²) in [6.07, 6.45) is 0.0911. The lowest BCUT2D eigenvalue weighted by molar-refractivity contribution is 0.0833. The van der Waals surface area contributed by atoms with Crippen molar-refractivity contribution in [1.82, 2.24) is 4.72 Å². The standard InChI is InChI=1S/C13H22N2O4S/c1-11(2)18-8-7-15-20(16,17)10-9-19-13-5-3-12(14)4-6-13/h3-6,11,15H,7-10,14H2,1-2H3. The Balaban J connectivity index is 2.24. The fourth-order valence-electron chi connectivity index (χ4n) is 1.40. The van der Waals surface area contributed by atoms with Crippen molar-refractivity contribution in [3.05, 3.63) is 24.3 Å². The van der Waals surface area contributed by atoms with Crippen LogP contribution in [0.5, 0.6) is 5.75 Å². The monoisotopic (exact) mass is 302 g/mol. The van der Waals surface area contributed by atoms with Crippen molar-refractivity contribution in [2.75, 3.05) is 31.2 Å². The van der Waals surface area contributed by atoms with Crippen LogP contribution in [0.25, 0.3) is 0 Å². The maximum atomic E-state index is 11.7. The molecule has 0 radical (unpaired) electrons. The lowest BCUT2D eigenvalue weighted by Crippen LogP contribution is -2.32. The van der Waals surface area contributed by atoms with Gasteiger partial charge < -0.3 is 15.2 Å². The molecule has 0 heterocycles. The van der Waals surface area contributed by atoms with Crippen LogP contribution < -0.4 is 15.2 Å². The molecule has 7 heteroatoms. The number of nitrogens with two attached hydrogens (primary N) is 1. The van der Waals surface area contributed by atoms with Crippen molar-refractivity contribution in [2.45, 2.75) is 20.0 Å². The van der Waals surface area contributed by atoms with Crippen molar-refractivity contribution in [3.63, 3.8) is 0 Å². The molecule has 1 rings (SSSR count). The highest BCUT2D eigenvalue weighted by Gasteiger charge is 2.09. The van der Waals surface area contributed by atoms with E-state index in [0.717, 1.165) is 0 Å². The molecule has 0 spiro atoms. The minimum absolute atomic E-state index is 0.0876. The van der Waals surface area contributed by atoms with Gasteiger partial charge in [0.25, 0.3) is 0 Å². The van der Waals surface area contributed by atoms with Crippen LogP contribution in [-0.2, 0) is 14.8 Å². The minimum atomic E-state index is -3.34. The van der Waals surface area contributed by atoms with Gasteiger partial charge in [0.15, 0.2) is 0 Å². The van der Waals surface area contributed by atoms with Gasteiger partial charge in [0.05, 0.1) is 18.5 Å². The molecule has 1 aromatic rings. The molecule has 0 aromatic heterocycles. The van der Waals surface area contributed by atoms with Crippen molar-refractivity contribution in [3.8, 4) is 5.75 Å². The molecule has 0 atom stereocenters. The molecule has 0 aliphatic rings. The third-order valence-electron chi connectivity index (χ3n) is 2.38. The van der Waals surface area contributed by atoms with Crippen LogP contribution in [0.15, 0.2) is 24.3 Å². The summed E-state index contributed by atoms with van der Waals surface area (Å²) < 4.78 is 36.4. The number of rotatable bonds is 9. The summed E-state index contributed by atoms with van der Waals surface area (Å²) in [5.74, 6) is 0.497. The van der Waals surface area contributed by atoms with Gasteiger partial charge in [-0.1, -0.05) is 0 Å². The zero-order chi connectivity index (χ0) is 15.0. The quantitative estimate of drug-likeness (QED) is 0.524. The van der Waals surface area contributed by atoms with Crippen molar-refractivity contribution in [2.24, 2.45) is 0 Å². The summed E-state index contributed by atoms with van der Waals surface area (Å²) in [7, 11) is -3.34. The Kier molecular flexibility index (Phi) is 6.77. The van der Waals surface area contributed by atoms with E-state index in [4.69, 9.17) is 15.2 Å². The lowest BCUT2D eigenvalue weighted by atomic mass is 10.3. The topological polar surface area (TPSA) is 90.6 Å². The largest absolute Gasteiger partial charge is 0.492 e. The summed E-state index contributed by atoms with van der Waals surface area (Å²) in [4.78, 5) is 0. The fraction of sp³-hybridized carbons (Fsp3) is 0.538. The van der Waals surface area contributed by atoms with Crippen LogP contribution in [0.3, 0.4) is 0 Å². The molecule has 0 unspecified atom stereocenters. The van der Waals surface area contributed by atoms with Gasteiger partial charge in [0, 0.05) is 12.2 Å². The third kappa shape index (κ3) is 7.32.